The van der Waals surface area contributed by atoms with Gasteiger partial charge in [-0.25, -0.2) is 0 Å². The summed E-state index contributed by atoms with van der Waals surface area (Å²) < 4.78 is 0. The summed E-state index contributed by atoms with van der Waals surface area (Å²) in [4.78, 5) is 0. The van der Waals surface area contributed by atoms with Gasteiger partial charge in [0, 0.05) is 6.04 Å². The highest BCUT2D eigenvalue weighted by Gasteiger charge is 2.17. The van der Waals surface area contributed by atoms with Gasteiger partial charge in [-0.15, -0.1) is 0 Å². The molecule has 0 aromatic heterocycles. The van der Waals surface area contributed by atoms with Crippen molar-refractivity contribution in [3.05, 3.63) is 12.2 Å². The Morgan fingerprint density at radius 2 is 2.22 bits per heavy atom. The Morgan fingerprint density at radius 1 is 1.56 bits per heavy atom. The lowest BCUT2D eigenvalue weighted by Gasteiger charge is -2.25. The van der Waals surface area contributed by atoms with Crippen molar-refractivity contribution in [2.24, 2.45) is 11.7 Å². The van der Waals surface area contributed by atoms with Crippen LogP contribution in [0.15, 0.2) is 12.2 Å². The highest BCUT2D eigenvalue weighted by atomic mass is 14.6. The second kappa shape index (κ2) is 2.53. The van der Waals surface area contributed by atoms with E-state index in [0.717, 1.165) is 12.3 Å². The Hall–Kier alpha value is -0.300. The molecule has 0 spiro atoms. The van der Waals surface area contributed by atoms with E-state index >= 15 is 0 Å². The summed E-state index contributed by atoms with van der Waals surface area (Å²) >= 11 is 0. The lowest BCUT2D eigenvalue weighted by Crippen LogP contribution is -2.27. The first-order valence-electron chi connectivity index (χ1n) is 3.60. The Balaban J connectivity index is 2.43. The summed E-state index contributed by atoms with van der Waals surface area (Å²) in [7, 11) is 0. The summed E-state index contributed by atoms with van der Waals surface area (Å²) in [6.45, 7) is 6.18. The zero-order valence-electron chi connectivity index (χ0n) is 6.06. The maximum atomic E-state index is 5.75. The van der Waals surface area contributed by atoms with E-state index in [-0.39, 0.29) is 0 Å². The normalized spacial score (nSPS) is 36.9. The van der Waals surface area contributed by atoms with Crippen LogP contribution in [-0.4, -0.2) is 6.04 Å². The molecule has 0 heterocycles. The molecule has 0 aromatic carbocycles. The van der Waals surface area contributed by atoms with Gasteiger partial charge in [-0.2, -0.15) is 0 Å². The molecular formula is C8H15N. The van der Waals surface area contributed by atoms with E-state index in [1.54, 1.807) is 0 Å². The Bertz CT molecular complexity index is 106. The van der Waals surface area contributed by atoms with Gasteiger partial charge in [-0.05, 0) is 25.2 Å². The number of nitrogens with two attached hydrogens (primary N) is 1. The maximum Gasteiger partial charge on any atom is 0.00786 e. The molecule has 52 valence electrons. The minimum absolute atomic E-state index is 0.390. The second-order valence-electron chi connectivity index (χ2n) is 3.26. The molecule has 0 saturated heterocycles. The predicted octanol–water partition coefficient (Wildman–Crippen LogP) is 1.69. The van der Waals surface area contributed by atoms with Gasteiger partial charge in [-0.1, -0.05) is 19.1 Å². The first-order chi connectivity index (χ1) is 4.18. The zero-order chi connectivity index (χ0) is 6.85. The molecule has 0 radical (unpaired) electrons. The molecule has 1 nitrogen and oxygen atoms in total. The largest absolute Gasteiger partial charge is 0.327 e. The van der Waals surface area contributed by atoms with Gasteiger partial charge < -0.3 is 5.73 Å². The molecule has 1 aliphatic rings. The molecule has 0 amide bonds. The zero-order valence-corrected chi connectivity index (χ0v) is 6.06. The van der Waals surface area contributed by atoms with Crippen LogP contribution in [0.2, 0.25) is 0 Å². The Kier molecular flexibility index (Phi) is 1.91. The summed E-state index contributed by atoms with van der Waals surface area (Å²) in [5, 5.41) is 0. The SMILES string of the molecule is C=C1CC(C)C[C@@H](N)C1. The predicted molar refractivity (Wildman–Crippen MR) is 40.1 cm³/mol. The van der Waals surface area contributed by atoms with Gasteiger partial charge in [-0.3, -0.25) is 0 Å². The lowest BCUT2D eigenvalue weighted by atomic mass is 9.85. The van der Waals surface area contributed by atoms with Crippen LogP contribution in [0.3, 0.4) is 0 Å². The van der Waals surface area contributed by atoms with Crippen LogP contribution in [-0.2, 0) is 0 Å². The molecular weight excluding hydrogens is 110 g/mol. The van der Waals surface area contributed by atoms with Crippen molar-refractivity contribution in [3.8, 4) is 0 Å². The van der Waals surface area contributed by atoms with Gasteiger partial charge in [0.1, 0.15) is 0 Å². The summed E-state index contributed by atoms with van der Waals surface area (Å²) in [5.74, 6) is 0.765. The molecule has 1 heteroatoms. The van der Waals surface area contributed by atoms with Crippen LogP contribution in [0.25, 0.3) is 0 Å². The molecule has 1 fully saturated rings. The molecule has 9 heavy (non-hydrogen) atoms. The van der Waals surface area contributed by atoms with E-state index < -0.39 is 0 Å². The molecule has 0 aliphatic heterocycles. The third-order valence-electron chi connectivity index (χ3n) is 1.89. The average Bonchev–Trinajstić information content (AvgIpc) is 1.59. The van der Waals surface area contributed by atoms with Crippen molar-refractivity contribution in [2.45, 2.75) is 32.2 Å². The van der Waals surface area contributed by atoms with Crippen LogP contribution in [0.5, 0.6) is 0 Å². The summed E-state index contributed by atoms with van der Waals surface area (Å²) in [5.41, 5.74) is 7.09. The third-order valence-corrected chi connectivity index (χ3v) is 1.89. The van der Waals surface area contributed by atoms with Crippen LogP contribution in [0, 0.1) is 5.92 Å². The topological polar surface area (TPSA) is 26.0 Å². The highest BCUT2D eigenvalue weighted by molar-refractivity contribution is 5.02. The molecule has 0 aromatic rings. The van der Waals surface area contributed by atoms with Gasteiger partial charge in [0.15, 0.2) is 0 Å². The van der Waals surface area contributed by atoms with E-state index in [1.165, 1.54) is 18.4 Å². The van der Waals surface area contributed by atoms with Crippen molar-refractivity contribution in [3.63, 3.8) is 0 Å². The first-order valence-corrected chi connectivity index (χ1v) is 3.60. The van der Waals surface area contributed by atoms with E-state index in [4.69, 9.17) is 5.73 Å². The van der Waals surface area contributed by atoms with Crippen LogP contribution < -0.4 is 5.73 Å². The fourth-order valence-electron chi connectivity index (χ4n) is 1.63. The second-order valence-corrected chi connectivity index (χ2v) is 3.26. The van der Waals surface area contributed by atoms with Crippen LogP contribution >= 0.6 is 0 Å². The number of hydrogen-bond acceptors (Lipinski definition) is 1. The van der Waals surface area contributed by atoms with Crippen LogP contribution in [0.1, 0.15) is 26.2 Å². The Labute approximate surface area is 56.9 Å². The third kappa shape index (κ3) is 1.83. The van der Waals surface area contributed by atoms with E-state index in [1.807, 2.05) is 0 Å². The summed E-state index contributed by atoms with van der Waals surface area (Å²) in [6.07, 6.45) is 3.41. The molecule has 1 rings (SSSR count). The van der Waals surface area contributed by atoms with E-state index in [0.29, 0.717) is 6.04 Å². The standard InChI is InChI=1S/C8H15N/c1-6-3-7(2)5-8(9)4-6/h7-8H,1,3-5,9H2,2H3/t7?,8-/m0/s1. The average molecular weight is 125 g/mol. The van der Waals surface area contributed by atoms with Crippen molar-refractivity contribution >= 4 is 0 Å². The molecule has 0 bridgehead atoms. The minimum atomic E-state index is 0.390. The molecule has 1 unspecified atom stereocenters. The van der Waals surface area contributed by atoms with Gasteiger partial charge >= 0.3 is 0 Å². The van der Waals surface area contributed by atoms with Crippen molar-refractivity contribution in [1.82, 2.24) is 0 Å². The molecule has 2 N–H and O–H groups in total. The van der Waals surface area contributed by atoms with Crippen LogP contribution in [0.4, 0.5) is 0 Å². The van der Waals surface area contributed by atoms with Gasteiger partial charge in [0.25, 0.3) is 0 Å². The fourth-order valence-corrected chi connectivity index (χ4v) is 1.63. The summed E-state index contributed by atoms with van der Waals surface area (Å²) in [6, 6.07) is 0.390. The van der Waals surface area contributed by atoms with Gasteiger partial charge in [0.05, 0.1) is 0 Å². The quantitative estimate of drug-likeness (QED) is 0.490. The maximum absolute atomic E-state index is 5.75. The van der Waals surface area contributed by atoms with E-state index in [9.17, 15) is 0 Å². The van der Waals surface area contributed by atoms with Crippen molar-refractivity contribution in [1.29, 1.82) is 0 Å². The Morgan fingerprint density at radius 3 is 2.67 bits per heavy atom. The number of rotatable bonds is 0. The smallest absolute Gasteiger partial charge is 0.00786 e. The highest BCUT2D eigenvalue weighted by Crippen LogP contribution is 2.25. The number of hydrogen-bond donors (Lipinski definition) is 1. The van der Waals surface area contributed by atoms with E-state index in [2.05, 4.69) is 13.5 Å². The van der Waals surface area contributed by atoms with Crippen molar-refractivity contribution in [2.75, 3.05) is 0 Å². The molecule has 1 saturated carbocycles. The minimum Gasteiger partial charge on any atom is -0.327 e. The molecule has 2 atom stereocenters. The van der Waals surface area contributed by atoms with Gasteiger partial charge in [0.2, 0.25) is 0 Å². The fraction of sp³-hybridized carbons (Fsp3) is 0.750. The lowest BCUT2D eigenvalue weighted by molar-refractivity contribution is 0.406. The van der Waals surface area contributed by atoms with Crippen molar-refractivity contribution < 1.29 is 0 Å². The first kappa shape index (κ1) is 6.81. The monoisotopic (exact) mass is 125 g/mol. The molecule has 1 aliphatic carbocycles.